The molecule has 0 bridgehead atoms. The minimum absolute atomic E-state index is 0.546. The number of rotatable bonds is 2. The fourth-order valence-corrected chi connectivity index (χ4v) is 2.17. The van der Waals surface area contributed by atoms with Crippen LogP contribution in [0.4, 0.5) is 0 Å². The van der Waals surface area contributed by atoms with Crippen LogP contribution < -0.4 is 0 Å². The quantitative estimate of drug-likeness (QED) is 0.694. The van der Waals surface area contributed by atoms with Gasteiger partial charge in [0.2, 0.25) is 0 Å². The fraction of sp³-hybridized carbons (Fsp3) is 0.500. The number of benzene rings is 1. The van der Waals surface area contributed by atoms with Crippen molar-refractivity contribution in [1.29, 1.82) is 0 Å². The zero-order valence-electron chi connectivity index (χ0n) is 9.88. The molecule has 1 heterocycles. The minimum atomic E-state index is 0.546. The number of hydrogen-bond donors (Lipinski definition) is 0. The highest BCUT2D eigenvalue weighted by molar-refractivity contribution is 5.88. The van der Waals surface area contributed by atoms with E-state index in [0.29, 0.717) is 6.04 Å². The smallest absolute Gasteiger partial charge is 0.0474 e. The molecule has 1 heteroatoms. The molecule has 0 N–H and O–H groups in total. The van der Waals surface area contributed by atoms with Gasteiger partial charge in [0.25, 0.3) is 0 Å². The predicted molar refractivity (Wildman–Crippen MR) is 65.8 cm³/mol. The molecular formula is C14H19N. The molecule has 0 aromatic heterocycles. The van der Waals surface area contributed by atoms with Crippen molar-refractivity contribution in [2.45, 2.75) is 46.1 Å². The highest BCUT2D eigenvalue weighted by Crippen LogP contribution is 2.19. The van der Waals surface area contributed by atoms with Crippen LogP contribution in [0.2, 0.25) is 0 Å². The Balaban J connectivity index is 2.18. The molecule has 1 atom stereocenters. The van der Waals surface area contributed by atoms with Gasteiger partial charge in [-0.3, -0.25) is 4.99 Å². The van der Waals surface area contributed by atoms with E-state index in [0.717, 1.165) is 6.42 Å². The summed E-state index contributed by atoms with van der Waals surface area (Å²) in [4.78, 5) is 4.67. The van der Waals surface area contributed by atoms with Gasteiger partial charge in [-0.25, -0.2) is 0 Å². The van der Waals surface area contributed by atoms with Crippen molar-refractivity contribution in [1.82, 2.24) is 0 Å². The molecule has 2 rings (SSSR count). The lowest BCUT2D eigenvalue weighted by atomic mass is 9.98. The van der Waals surface area contributed by atoms with Crippen LogP contribution in [0.3, 0.4) is 0 Å². The Morgan fingerprint density at radius 1 is 1.33 bits per heavy atom. The molecule has 1 aliphatic rings. The monoisotopic (exact) mass is 201 g/mol. The molecule has 0 spiro atoms. The van der Waals surface area contributed by atoms with E-state index < -0.39 is 0 Å². The first-order valence-electron chi connectivity index (χ1n) is 5.77. The molecule has 0 amide bonds. The normalized spacial score (nSPS) is 20.5. The number of aryl methyl sites for hydroxylation is 1. The van der Waals surface area contributed by atoms with Gasteiger partial charge < -0.3 is 0 Å². The van der Waals surface area contributed by atoms with E-state index in [1.165, 1.54) is 35.2 Å². The second kappa shape index (κ2) is 4.18. The zero-order chi connectivity index (χ0) is 10.8. The average molecular weight is 201 g/mol. The summed E-state index contributed by atoms with van der Waals surface area (Å²) in [6.45, 7) is 6.59. The van der Waals surface area contributed by atoms with Gasteiger partial charge in [0.15, 0.2) is 0 Å². The average Bonchev–Trinajstić information content (AvgIpc) is 2.59. The third kappa shape index (κ3) is 2.28. The summed E-state index contributed by atoms with van der Waals surface area (Å²) in [6.07, 6.45) is 3.48. The van der Waals surface area contributed by atoms with Crippen LogP contribution in [0.5, 0.6) is 0 Å². The second-order valence-electron chi connectivity index (χ2n) is 4.62. The maximum Gasteiger partial charge on any atom is 0.0474 e. The van der Waals surface area contributed by atoms with Crippen LogP contribution in [-0.2, 0) is 6.42 Å². The maximum absolute atomic E-state index is 4.67. The second-order valence-corrected chi connectivity index (χ2v) is 4.62. The van der Waals surface area contributed by atoms with Gasteiger partial charge in [-0.15, -0.1) is 0 Å². The fourth-order valence-electron chi connectivity index (χ4n) is 2.17. The number of nitrogens with zero attached hydrogens (tertiary/aromatic N) is 1. The summed E-state index contributed by atoms with van der Waals surface area (Å²) >= 11 is 0. The molecule has 1 aliphatic heterocycles. The Hall–Kier alpha value is -1.11. The molecule has 1 aromatic rings. The largest absolute Gasteiger partial charge is 0.291 e. The summed E-state index contributed by atoms with van der Waals surface area (Å²) < 4.78 is 0. The van der Waals surface area contributed by atoms with Crippen molar-refractivity contribution in [3.63, 3.8) is 0 Å². The van der Waals surface area contributed by atoms with Gasteiger partial charge in [0, 0.05) is 18.2 Å². The Labute approximate surface area is 92.2 Å². The lowest BCUT2D eigenvalue weighted by molar-refractivity contribution is 0.739. The topological polar surface area (TPSA) is 12.4 Å². The maximum atomic E-state index is 4.67. The zero-order valence-corrected chi connectivity index (χ0v) is 9.88. The molecular weight excluding hydrogens is 182 g/mol. The molecule has 1 unspecified atom stereocenters. The van der Waals surface area contributed by atoms with E-state index in [4.69, 9.17) is 0 Å². The van der Waals surface area contributed by atoms with Gasteiger partial charge in [0.05, 0.1) is 0 Å². The predicted octanol–water partition coefficient (Wildman–Crippen LogP) is 3.47. The van der Waals surface area contributed by atoms with Gasteiger partial charge in [0.1, 0.15) is 0 Å². The van der Waals surface area contributed by atoms with Crippen molar-refractivity contribution in [2.75, 3.05) is 0 Å². The highest BCUT2D eigenvalue weighted by Gasteiger charge is 2.14. The van der Waals surface area contributed by atoms with Crippen LogP contribution in [0, 0.1) is 13.8 Å². The van der Waals surface area contributed by atoms with Crippen LogP contribution in [0.1, 0.15) is 36.5 Å². The summed E-state index contributed by atoms with van der Waals surface area (Å²) in [5.74, 6) is 0. The summed E-state index contributed by atoms with van der Waals surface area (Å²) in [5.41, 5.74) is 5.65. The van der Waals surface area contributed by atoms with Crippen LogP contribution in [0.25, 0.3) is 0 Å². The summed E-state index contributed by atoms with van der Waals surface area (Å²) in [5, 5.41) is 0. The molecule has 0 radical (unpaired) electrons. The Morgan fingerprint density at radius 3 is 2.80 bits per heavy atom. The molecule has 80 valence electrons. The molecule has 0 saturated carbocycles. The Morgan fingerprint density at radius 2 is 2.13 bits per heavy atom. The molecule has 0 aliphatic carbocycles. The number of aliphatic imine (C=N–C) groups is 1. The van der Waals surface area contributed by atoms with E-state index in [-0.39, 0.29) is 0 Å². The van der Waals surface area contributed by atoms with Crippen LogP contribution in [-0.4, -0.2) is 11.8 Å². The molecule has 0 fully saturated rings. The SMILES string of the molecule is Cc1cccc(CC2=NC(C)CC2)c1C. The lowest BCUT2D eigenvalue weighted by Gasteiger charge is -2.08. The first kappa shape index (κ1) is 10.4. The standard InChI is InChI=1S/C14H19N/c1-10-5-4-6-13(12(10)3)9-14-8-7-11(2)15-14/h4-6,11H,7-9H2,1-3H3. The number of hydrogen-bond acceptors (Lipinski definition) is 1. The Bertz CT molecular complexity index is 390. The van der Waals surface area contributed by atoms with E-state index in [1.54, 1.807) is 0 Å². The van der Waals surface area contributed by atoms with E-state index in [2.05, 4.69) is 44.0 Å². The van der Waals surface area contributed by atoms with Crippen molar-refractivity contribution in [2.24, 2.45) is 4.99 Å². The third-order valence-corrected chi connectivity index (χ3v) is 3.36. The van der Waals surface area contributed by atoms with Gasteiger partial charge >= 0.3 is 0 Å². The lowest BCUT2D eigenvalue weighted by Crippen LogP contribution is -2.01. The first-order valence-corrected chi connectivity index (χ1v) is 5.77. The molecule has 0 saturated heterocycles. The Kier molecular flexibility index (Phi) is 2.90. The summed E-state index contributed by atoms with van der Waals surface area (Å²) in [6, 6.07) is 7.10. The van der Waals surface area contributed by atoms with Crippen molar-refractivity contribution >= 4 is 5.71 Å². The van der Waals surface area contributed by atoms with Gasteiger partial charge in [-0.2, -0.15) is 0 Å². The molecule has 1 nitrogen and oxygen atoms in total. The molecule has 1 aromatic carbocycles. The van der Waals surface area contributed by atoms with Crippen LogP contribution >= 0.6 is 0 Å². The van der Waals surface area contributed by atoms with E-state index >= 15 is 0 Å². The van der Waals surface area contributed by atoms with Crippen molar-refractivity contribution < 1.29 is 0 Å². The van der Waals surface area contributed by atoms with E-state index in [9.17, 15) is 0 Å². The van der Waals surface area contributed by atoms with E-state index in [1.807, 2.05) is 0 Å². The highest BCUT2D eigenvalue weighted by atomic mass is 14.8. The van der Waals surface area contributed by atoms with Crippen LogP contribution in [0.15, 0.2) is 23.2 Å². The van der Waals surface area contributed by atoms with Crippen molar-refractivity contribution in [3.05, 3.63) is 34.9 Å². The van der Waals surface area contributed by atoms with Gasteiger partial charge in [-0.05, 0) is 50.3 Å². The van der Waals surface area contributed by atoms with Crippen molar-refractivity contribution in [3.8, 4) is 0 Å². The third-order valence-electron chi connectivity index (χ3n) is 3.36. The minimum Gasteiger partial charge on any atom is -0.291 e. The first-order chi connectivity index (χ1) is 7.16. The molecule has 15 heavy (non-hydrogen) atoms. The summed E-state index contributed by atoms with van der Waals surface area (Å²) in [7, 11) is 0. The van der Waals surface area contributed by atoms with Gasteiger partial charge in [-0.1, -0.05) is 18.2 Å².